The van der Waals surface area contributed by atoms with Crippen LogP contribution >= 0.6 is 0 Å². The SMILES string of the molecule is CCCOC(Cc1ccc(OCCN2CN(CC)c3c(C)cccc3C2=O)cc1)C(=O)O. The highest BCUT2D eigenvalue weighted by molar-refractivity contribution is 6.02. The van der Waals surface area contributed by atoms with Gasteiger partial charge in [0, 0.05) is 19.6 Å². The molecule has 1 heterocycles. The number of amides is 1. The second-order valence-corrected chi connectivity index (χ2v) is 7.93. The summed E-state index contributed by atoms with van der Waals surface area (Å²) in [6.45, 7) is 8.72. The molecule has 1 N–H and O–H groups in total. The second-order valence-electron chi connectivity index (χ2n) is 7.93. The predicted octanol–water partition coefficient (Wildman–Crippen LogP) is 3.74. The van der Waals surface area contributed by atoms with E-state index in [0.717, 1.165) is 35.3 Å². The van der Waals surface area contributed by atoms with Crippen molar-refractivity contribution in [2.45, 2.75) is 39.7 Å². The van der Waals surface area contributed by atoms with E-state index in [2.05, 4.69) is 11.8 Å². The number of rotatable bonds is 11. The summed E-state index contributed by atoms with van der Waals surface area (Å²) in [7, 11) is 0. The Morgan fingerprint density at radius 2 is 1.84 bits per heavy atom. The van der Waals surface area contributed by atoms with Gasteiger partial charge >= 0.3 is 5.97 Å². The zero-order valence-corrected chi connectivity index (χ0v) is 19.0. The maximum absolute atomic E-state index is 12.9. The van der Waals surface area contributed by atoms with Crippen LogP contribution in [0.5, 0.6) is 5.75 Å². The summed E-state index contributed by atoms with van der Waals surface area (Å²) < 4.78 is 11.3. The fraction of sp³-hybridized carbons (Fsp3) is 0.440. The lowest BCUT2D eigenvalue weighted by atomic mass is 10.0. The Morgan fingerprint density at radius 3 is 2.50 bits per heavy atom. The second kappa shape index (κ2) is 11.0. The maximum Gasteiger partial charge on any atom is 0.333 e. The topological polar surface area (TPSA) is 79.3 Å². The van der Waals surface area contributed by atoms with Crippen molar-refractivity contribution < 1.29 is 24.2 Å². The van der Waals surface area contributed by atoms with Crippen LogP contribution in [0.15, 0.2) is 42.5 Å². The zero-order chi connectivity index (χ0) is 23.1. The Balaban J connectivity index is 1.55. The molecule has 0 saturated heterocycles. The van der Waals surface area contributed by atoms with Gasteiger partial charge in [-0.05, 0) is 49.6 Å². The van der Waals surface area contributed by atoms with Crippen LogP contribution in [0.25, 0.3) is 0 Å². The predicted molar refractivity (Wildman–Crippen MR) is 123 cm³/mol. The van der Waals surface area contributed by atoms with E-state index in [1.807, 2.05) is 61.2 Å². The minimum absolute atomic E-state index is 0.0270. The molecule has 1 amide bonds. The molecule has 0 spiro atoms. The molecule has 2 aromatic rings. The molecule has 0 radical (unpaired) electrons. The Morgan fingerprint density at radius 1 is 1.09 bits per heavy atom. The summed E-state index contributed by atoms with van der Waals surface area (Å²) in [6.07, 6.45) is 0.237. The smallest absolute Gasteiger partial charge is 0.333 e. The average Bonchev–Trinajstić information content (AvgIpc) is 2.79. The number of ether oxygens (including phenoxy) is 2. The van der Waals surface area contributed by atoms with Crippen molar-refractivity contribution in [2.75, 3.05) is 37.9 Å². The number of carboxylic acids is 1. The number of carbonyl (C=O) groups excluding carboxylic acids is 1. The molecular formula is C25H32N2O5. The van der Waals surface area contributed by atoms with Crippen molar-refractivity contribution in [3.63, 3.8) is 0 Å². The minimum Gasteiger partial charge on any atom is -0.492 e. The molecule has 7 heteroatoms. The Labute approximate surface area is 189 Å². The fourth-order valence-electron chi connectivity index (χ4n) is 3.88. The van der Waals surface area contributed by atoms with Crippen LogP contribution in [0.4, 0.5) is 5.69 Å². The van der Waals surface area contributed by atoms with Gasteiger partial charge in [0.1, 0.15) is 12.4 Å². The number of carboxylic acid groups (broad SMARTS) is 1. The van der Waals surface area contributed by atoms with E-state index in [0.29, 0.717) is 38.6 Å². The van der Waals surface area contributed by atoms with Crippen molar-refractivity contribution in [3.05, 3.63) is 59.2 Å². The number of anilines is 1. The van der Waals surface area contributed by atoms with Crippen molar-refractivity contribution in [1.82, 2.24) is 4.90 Å². The molecule has 0 bridgehead atoms. The van der Waals surface area contributed by atoms with Gasteiger partial charge in [-0.25, -0.2) is 4.79 Å². The fourth-order valence-corrected chi connectivity index (χ4v) is 3.88. The molecule has 2 aromatic carbocycles. The van der Waals surface area contributed by atoms with Gasteiger partial charge in [0.25, 0.3) is 5.91 Å². The number of fused-ring (bicyclic) bond motifs is 1. The minimum atomic E-state index is -0.956. The van der Waals surface area contributed by atoms with Crippen LogP contribution in [0, 0.1) is 6.92 Å². The summed E-state index contributed by atoms with van der Waals surface area (Å²) in [4.78, 5) is 28.3. The highest BCUT2D eigenvalue weighted by atomic mass is 16.5. The van der Waals surface area contributed by atoms with Crippen LogP contribution in [-0.2, 0) is 16.0 Å². The molecule has 1 unspecified atom stereocenters. The van der Waals surface area contributed by atoms with Crippen molar-refractivity contribution in [3.8, 4) is 5.75 Å². The highest BCUT2D eigenvalue weighted by Crippen LogP contribution is 2.30. The van der Waals surface area contributed by atoms with Gasteiger partial charge in [-0.3, -0.25) is 4.79 Å². The van der Waals surface area contributed by atoms with E-state index in [1.54, 1.807) is 0 Å². The number of nitrogens with zero attached hydrogens (tertiary/aromatic N) is 2. The highest BCUT2D eigenvalue weighted by Gasteiger charge is 2.29. The van der Waals surface area contributed by atoms with E-state index >= 15 is 0 Å². The summed E-state index contributed by atoms with van der Waals surface area (Å²) >= 11 is 0. The van der Waals surface area contributed by atoms with Crippen LogP contribution in [0.2, 0.25) is 0 Å². The van der Waals surface area contributed by atoms with Crippen molar-refractivity contribution in [2.24, 2.45) is 0 Å². The summed E-state index contributed by atoms with van der Waals surface area (Å²) in [5.41, 5.74) is 3.74. The van der Waals surface area contributed by atoms with Crippen LogP contribution in [-0.4, -0.2) is 61.0 Å². The number of benzene rings is 2. The van der Waals surface area contributed by atoms with Gasteiger partial charge in [0.15, 0.2) is 6.10 Å². The van der Waals surface area contributed by atoms with Gasteiger partial charge in [-0.15, -0.1) is 0 Å². The quantitative estimate of drug-likeness (QED) is 0.574. The van der Waals surface area contributed by atoms with E-state index < -0.39 is 12.1 Å². The molecule has 7 nitrogen and oxygen atoms in total. The summed E-state index contributed by atoms with van der Waals surface area (Å²) in [6, 6.07) is 13.2. The molecule has 1 atom stereocenters. The third-order valence-corrected chi connectivity index (χ3v) is 5.57. The molecule has 0 aliphatic carbocycles. The molecule has 32 heavy (non-hydrogen) atoms. The van der Waals surface area contributed by atoms with E-state index in [9.17, 15) is 14.7 Å². The number of carbonyl (C=O) groups is 2. The molecule has 0 saturated carbocycles. The third-order valence-electron chi connectivity index (χ3n) is 5.57. The van der Waals surface area contributed by atoms with Crippen molar-refractivity contribution in [1.29, 1.82) is 0 Å². The van der Waals surface area contributed by atoms with Gasteiger partial charge in [-0.2, -0.15) is 0 Å². The molecule has 1 aliphatic heterocycles. The van der Waals surface area contributed by atoms with Gasteiger partial charge in [-0.1, -0.05) is 31.2 Å². The first-order valence-electron chi connectivity index (χ1n) is 11.1. The number of aliphatic carboxylic acids is 1. The van der Waals surface area contributed by atoms with Gasteiger partial charge in [0.2, 0.25) is 0 Å². The van der Waals surface area contributed by atoms with E-state index in [1.165, 1.54) is 0 Å². The van der Waals surface area contributed by atoms with Crippen LogP contribution < -0.4 is 9.64 Å². The number of hydrogen-bond donors (Lipinski definition) is 1. The lowest BCUT2D eigenvalue weighted by molar-refractivity contribution is -0.150. The first-order chi connectivity index (χ1) is 15.4. The largest absolute Gasteiger partial charge is 0.492 e. The molecular weight excluding hydrogens is 408 g/mol. The first-order valence-corrected chi connectivity index (χ1v) is 11.1. The summed E-state index contributed by atoms with van der Waals surface area (Å²) in [5.74, 6) is -0.245. The monoisotopic (exact) mass is 440 g/mol. The normalized spacial score (nSPS) is 14.3. The van der Waals surface area contributed by atoms with Gasteiger partial charge in [0.05, 0.1) is 24.5 Å². The molecule has 0 fully saturated rings. The zero-order valence-electron chi connectivity index (χ0n) is 19.0. The van der Waals surface area contributed by atoms with E-state index in [4.69, 9.17) is 9.47 Å². The standard InChI is InChI=1S/C25H32N2O5/c1-4-14-32-22(25(29)30)16-19-9-11-20(12-10-19)31-15-13-27-17-26(5-2)23-18(3)7-6-8-21(23)24(27)28/h6-12,22H,4-5,13-17H2,1-3H3,(H,29,30). The Bertz CT molecular complexity index is 928. The van der Waals surface area contributed by atoms with Gasteiger partial charge < -0.3 is 24.4 Å². The lowest BCUT2D eigenvalue weighted by Crippen LogP contribution is -2.48. The Kier molecular flexibility index (Phi) is 8.11. The molecule has 0 aromatic heterocycles. The third kappa shape index (κ3) is 5.59. The first kappa shape index (κ1) is 23.6. The molecule has 172 valence electrons. The molecule has 3 rings (SSSR count). The number of hydrogen-bond acceptors (Lipinski definition) is 5. The van der Waals surface area contributed by atoms with Crippen LogP contribution in [0.1, 0.15) is 41.8 Å². The van der Waals surface area contributed by atoms with E-state index in [-0.39, 0.29) is 5.91 Å². The number of para-hydroxylation sites is 1. The molecule has 1 aliphatic rings. The summed E-state index contributed by atoms with van der Waals surface area (Å²) in [5, 5.41) is 9.30. The number of aryl methyl sites for hydroxylation is 1. The lowest BCUT2D eigenvalue weighted by Gasteiger charge is -2.38. The van der Waals surface area contributed by atoms with Crippen LogP contribution in [0.3, 0.4) is 0 Å². The van der Waals surface area contributed by atoms with Crippen molar-refractivity contribution >= 4 is 17.6 Å². The maximum atomic E-state index is 12.9. The Hall–Kier alpha value is -3.06. The average molecular weight is 441 g/mol.